The molecule has 7 heteroatoms. The Hall–Kier alpha value is -3.71. The van der Waals surface area contributed by atoms with Crippen LogP contribution in [0.15, 0.2) is 76.3 Å². The quantitative estimate of drug-likeness (QED) is 0.343. The number of nitrogens with one attached hydrogen (secondary N) is 1. The van der Waals surface area contributed by atoms with Gasteiger partial charge in [0.15, 0.2) is 0 Å². The number of rotatable bonds is 6. The van der Waals surface area contributed by atoms with Crippen LogP contribution in [0, 0.1) is 0 Å². The molecule has 2 aromatic heterocycles. The SMILES string of the molecule is CCc1ccc(C2NC(=O)N(c3cccc(CC)c3)C(C)=C2c2nc(-c3cccs3)no2)cc1. The number of amides is 2. The van der Waals surface area contributed by atoms with Gasteiger partial charge in [0.05, 0.1) is 22.2 Å². The molecule has 0 bridgehead atoms. The van der Waals surface area contributed by atoms with Crippen LogP contribution in [-0.2, 0) is 12.8 Å². The van der Waals surface area contributed by atoms with Crippen LogP contribution >= 0.6 is 11.3 Å². The van der Waals surface area contributed by atoms with Crippen LogP contribution in [0.3, 0.4) is 0 Å². The Bertz CT molecular complexity index is 1340. The highest BCUT2D eigenvalue weighted by molar-refractivity contribution is 7.13. The van der Waals surface area contributed by atoms with Gasteiger partial charge in [-0.15, -0.1) is 11.3 Å². The Kier molecular flexibility index (Phi) is 6.02. The third-order valence-corrected chi connectivity index (χ3v) is 7.05. The molecule has 0 saturated carbocycles. The molecule has 172 valence electrons. The summed E-state index contributed by atoms with van der Waals surface area (Å²) in [6.07, 6.45) is 1.84. The topological polar surface area (TPSA) is 71.3 Å². The first-order valence-electron chi connectivity index (χ1n) is 11.5. The highest BCUT2D eigenvalue weighted by atomic mass is 32.1. The number of carbonyl (C=O) groups excluding carboxylic acids is 1. The zero-order chi connectivity index (χ0) is 23.7. The maximum Gasteiger partial charge on any atom is 0.326 e. The van der Waals surface area contributed by atoms with Crippen LogP contribution in [0.2, 0.25) is 0 Å². The van der Waals surface area contributed by atoms with Crippen molar-refractivity contribution in [1.82, 2.24) is 15.5 Å². The monoisotopic (exact) mass is 470 g/mol. The minimum absolute atomic E-state index is 0.183. The molecular formula is C27H26N4O2S. The molecule has 1 atom stereocenters. The van der Waals surface area contributed by atoms with E-state index in [0.29, 0.717) is 11.7 Å². The zero-order valence-electron chi connectivity index (χ0n) is 19.4. The van der Waals surface area contributed by atoms with Crippen LogP contribution in [0.5, 0.6) is 0 Å². The van der Waals surface area contributed by atoms with Gasteiger partial charge in [-0.1, -0.05) is 61.5 Å². The average molecular weight is 471 g/mol. The van der Waals surface area contributed by atoms with Crippen molar-refractivity contribution in [2.45, 2.75) is 39.7 Å². The van der Waals surface area contributed by atoms with Crippen molar-refractivity contribution in [2.24, 2.45) is 0 Å². The third-order valence-electron chi connectivity index (χ3n) is 6.18. The molecule has 0 saturated heterocycles. The molecule has 1 unspecified atom stereocenters. The van der Waals surface area contributed by atoms with Gasteiger partial charge in [-0.05, 0) is 60.0 Å². The molecule has 0 radical (unpaired) electrons. The second-order valence-electron chi connectivity index (χ2n) is 8.24. The fourth-order valence-corrected chi connectivity index (χ4v) is 4.93. The lowest BCUT2D eigenvalue weighted by Gasteiger charge is -2.35. The average Bonchev–Trinajstić information content (AvgIpc) is 3.56. The lowest BCUT2D eigenvalue weighted by Crippen LogP contribution is -2.46. The maximum atomic E-state index is 13.4. The minimum Gasteiger partial charge on any atom is -0.334 e. The maximum absolute atomic E-state index is 13.4. The fourth-order valence-electron chi connectivity index (χ4n) is 4.28. The summed E-state index contributed by atoms with van der Waals surface area (Å²) in [4.78, 5) is 20.7. The number of hydrogen-bond acceptors (Lipinski definition) is 5. The molecule has 34 heavy (non-hydrogen) atoms. The van der Waals surface area contributed by atoms with Gasteiger partial charge in [0, 0.05) is 5.70 Å². The highest BCUT2D eigenvalue weighted by Crippen LogP contribution is 2.39. The molecule has 1 aliphatic heterocycles. The Morgan fingerprint density at radius 3 is 2.53 bits per heavy atom. The Labute approximate surface area is 202 Å². The summed E-state index contributed by atoms with van der Waals surface area (Å²) >= 11 is 1.56. The van der Waals surface area contributed by atoms with E-state index in [9.17, 15) is 4.79 Å². The van der Waals surface area contributed by atoms with Crippen LogP contribution < -0.4 is 10.2 Å². The standard InChI is InChI=1S/C27H26N4O2S/c1-4-18-11-13-20(14-12-18)24-23(26-29-25(30-33-26)22-10-7-15-34-22)17(3)31(27(32)28-24)21-9-6-8-19(5-2)16-21/h6-16,24H,4-5H2,1-3H3,(H,28,32). The number of aromatic nitrogens is 2. The van der Waals surface area contributed by atoms with Crippen molar-refractivity contribution in [1.29, 1.82) is 0 Å². The van der Waals surface area contributed by atoms with Crippen LogP contribution in [0.25, 0.3) is 16.3 Å². The van der Waals surface area contributed by atoms with Crippen LogP contribution in [0.4, 0.5) is 10.5 Å². The van der Waals surface area contributed by atoms with E-state index in [1.54, 1.807) is 16.2 Å². The summed E-state index contributed by atoms with van der Waals surface area (Å²) in [5.41, 5.74) is 5.74. The van der Waals surface area contributed by atoms with Crippen molar-refractivity contribution in [3.8, 4) is 10.7 Å². The second kappa shape index (κ2) is 9.27. The summed E-state index contributed by atoms with van der Waals surface area (Å²) in [6.45, 7) is 6.17. The molecule has 1 aliphatic rings. The molecule has 0 spiro atoms. The Balaban J connectivity index is 1.65. The van der Waals surface area contributed by atoms with Gasteiger partial charge in [0.25, 0.3) is 5.89 Å². The first-order valence-corrected chi connectivity index (χ1v) is 12.3. The first kappa shape index (κ1) is 22.1. The number of urea groups is 1. The molecule has 3 heterocycles. The predicted octanol–water partition coefficient (Wildman–Crippen LogP) is 6.63. The molecule has 0 aliphatic carbocycles. The van der Waals surface area contributed by atoms with E-state index < -0.39 is 6.04 Å². The van der Waals surface area contributed by atoms with Crippen molar-refractivity contribution in [3.63, 3.8) is 0 Å². The van der Waals surface area contributed by atoms with Crippen molar-refractivity contribution in [3.05, 3.63) is 94.3 Å². The Morgan fingerprint density at radius 2 is 1.82 bits per heavy atom. The molecule has 0 fully saturated rings. The number of allylic oxidation sites excluding steroid dienone is 1. The number of benzene rings is 2. The Morgan fingerprint density at radius 1 is 1.03 bits per heavy atom. The molecular weight excluding hydrogens is 444 g/mol. The van der Waals surface area contributed by atoms with E-state index in [1.165, 1.54) is 5.56 Å². The second-order valence-corrected chi connectivity index (χ2v) is 9.18. The van der Waals surface area contributed by atoms with Crippen LogP contribution in [0.1, 0.15) is 49.4 Å². The number of thiophene rings is 1. The predicted molar refractivity (Wildman–Crippen MR) is 136 cm³/mol. The lowest BCUT2D eigenvalue weighted by atomic mass is 9.93. The van der Waals surface area contributed by atoms with Gasteiger partial charge in [-0.3, -0.25) is 4.90 Å². The van der Waals surface area contributed by atoms with Gasteiger partial charge in [0.2, 0.25) is 5.82 Å². The van der Waals surface area contributed by atoms with E-state index >= 15 is 0 Å². The van der Waals surface area contributed by atoms with Crippen molar-refractivity contribution < 1.29 is 9.32 Å². The molecule has 5 rings (SSSR count). The van der Waals surface area contributed by atoms with E-state index in [0.717, 1.165) is 45.8 Å². The minimum atomic E-state index is -0.402. The van der Waals surface area contributed by atoms with Crippen molar-refractivity contribution in [2.75, 3.05) is 4.90 Å². The summed E-state index contributed by atoms with van der Waals surface area (Å²) in [5, 5.41) is 9.39. The highest BCUT2D eigenvalue weighted by Gasteiger charge is 2.36. The number of carbonyl (C=O) groups is 1. The molecule has 4 aromatic rings. The largest absolute Gasteiger partial charge is 0.334 e. The summed E-state index contributed by atoms with van der Waals surface area (Å²) in [7, 11) is 0. The molecule has 6 nitrogen and oxygen atoms in total. The van der Waals surface area contributed by atoms with Gasteiger partial charge in [0.1, 0.15) is 0 Å². The van der Waals surface area contributed by atoms with E-state index in [2.05, 4.69) is 54.7 Å². The van der Waals surface area contributed by atoms with Gasteiger partial charge < -0.3 is 9.84 Å². The van der Waals surface area contributed by atoms with E-state index in [-0.39, 0.29) is 6.03 Å². The van der Waals surface area contributed by atoms with Crippen LogP contribution in [-0.4, -0.2) is 16.2 Å². The lowest BCUT2D eigenvalue weighted by molar-refractivity contribution is 0.244. The number of nitrogens with zero attached hydrogens (tertiary/aromatic N) is 3. The normalized spacial score (nSPS) is 16.1. The smallest absolute Gasteiger partial charge is 0.326 e. The number of aryl methyl sites for hydroxylation is 2. The zero-order valence-corrected chi connectivity index (χ0v) is 20.2. The van der Waals surface area contributed by atoms with Gasteiger partial charge in [-0.2, -0.15) is 4.98 Å². The number of hydrogen-bond donors (Lipinski definition) is 1. The number of anilines is 1. The van der Waals surface area contributed by atoms with Crippen molar-refractivity contribution >= 4 is 28.6 Å². The van der Waals surface area contributed by atoms with E-state index in [1.807, 2.05) is 42.6 Å². The molecule has 2 aromatic carbocycles. The third kappa shape index (κ3) is 4.03. The summed E-state index contributed by atoms with van der Waals surface area (Å²) in [5.74, 6) is 0.948. The summed E-state index contributed by atoms with van der Waals surface area (Å²) in [6, 6.07) is 19.7. The molecule has 1 N–H and O–H groups in total. The summed E-state index contributed by atoms with van der Waals surface area (Å²) < 4.78 is 5.77. The van der Waals surface area contributed by atoms with E-state index in [4.69, 9.17) is 9.51 Å². The van der Waals surface area contributed by atoms with Gasteiger partial charge in [-0.25, -0.2) is 4.79 Å². The van der Waals surface area contributed by atoms with Gasteiger partial charge >= 0.3 is 6.03 Å². The fraction of sp³-hybridized carbons (Fsp3) is 0.222. The molecule has 2 amide bonds. The first-order chi connectivity index (χ1) is 16.6.